The van der Waals surface area contributed by atoms with E-state index >= 15 is 0 Å². The molecule has 2 unspecified atom stereocenters. The predicted octanol–water partition coefficient (Wildman–Crippen LogP) is 0.898. The average Bonchev–Trinajstić information content (AvgIpc) is 2.72. The maximum atomic E-state index is 11.5. The van der Waals surface area contributed by atoms with Gasteiger partial charge in [-0.25, -0.2) is 0 Å². The van der Waals surface area contributed by atoms with E-state index in [-0.39, 0.29) is 11.9 Å². The van der Waals surface area contributed by atoms with Crippen LogP contribution in [0.25, 0.3) is 0 Å². The average molecular weight is 195 g/mol. The molecule has 0 radical (unpaired) electrons. The van der Waals surface area contributed by atoms with E-state index in [4.69, 9.17) is 9.15 Å². The Kier molecular flexibility index (Phi) is 2.07. The van der Waals surface area contributed by atoms with Crippen LogP contribution in [0, 0.1) is 0 Å². The van der Waals surface area contributed by atoms with E-state index in [0.29, 0.717) is 0 Å². The standard InChI is InChI=1S/C10H13NO3/c1-11-10(9(12)13-2)6-7(10)8-4-3-5-14-8/h3-5,7,11H,6H2,1-2H3. The van der Waals surface area contributed by atoms with Gasteiger partial charge in [0.2, 0.25) is 0 Å². The van der Waals surface area contributed by atoms with Crippen LogP contribution in [-0.2, 0) is 9.53 Å². The maximum absolute atomic E-state index is 11.5. The second-order valence-electron chi connectivity index (χ2n) is 3.49. The summed E-state index contributed by atoms with van der Waals surface area (Å²) in [7, 11) is 3.17. The first-order valence-electron chi connectivity index (χ1n) is 4.55. The molecule has 0 spiro atoms. The number of methoxy groups -OCH3 is 1. The van der Waals surface area contributed by atoms with E-state index in [1.807, 2.05) is 12.1 Å². The van der Waals surface area contributed by atoms with Gasteiger partial charge in [0, 0.05) is 5.92 Å². The minimum atomic E-state index is -0.563. The Balaban J connectivity index is 2.18. The molecular weight excluding hydrogens is 182 g/mol. The summed E-state index contributed by atoms with van der Waals surface area (Å²) in [4.78, 5) is 11.5. The van der Waals surface area contributed by atoms with E-state index in [2.05, 4.69) is 5.32 Å². The number of likely N-dealkylation sites (N-methyl/N-ethyl adjacent to an activating group) is 1. The molecule has 2 atom stereocenters. The van der Waals surface area contributed by atoms with E-state index in [0.717, 1.165) is 12.2 Å². The van der Waals surface area contributed by atoms with Crippen molar-refractivity contribution in [3.63, 3.8) is 0 Å². The highest BCUT2D eigenvalue weighted by atomic mass is 16.5. The molecule has 1 N–H and O–H groups in total. The Morgan fingerprint density at radius 2 is 2.57 bits per heavy atom. The van der Waals surface area contributed by atoms with Gasteiger partial charge in [0.1, 0.15) is 11.3 Å². The molecule has 1 aromatic heterocycles. The summed E-state index contributed by atoms with van der Waals surface area (Å²) in [5, 5.41) is 3.01. The highest BCUT2D eigenvalue weighted by Gasteiger charge is 2.62. The number of hydrogen-bond donors (Lipinski definition) is 1. The van der Waals surface area contributed by atoms with Crippen molar-refractivity contribution in [3.05, 3.63) is 24.2 Å². The molecule has 76 valence electrons. The number of carbonyl (C=O) groups excluding carboxylic acids is 1. The fraction of sp³-hybridized carbons (Fsp3) is 0.500. The lowest BCUT2D eigenvalue weighted by atomic mass is 10.2. The van der Waals surface area contributed by atoms with Crippen molar-refractivity contribution in [2.45, 2.75) is 17.9 Å². The van der Waals surface area contributed by atoms with Gasteiger partial charge in [-0.15, -0.1) is 0 Å². The van der Waals surface area contributed by atoms with Gasteiger partial charge < -0.3 is 14.5 Å². The van der Waals surface area contributed by atoms with Crippen LogP contribution in [0.1, 0.15) is 18.1 Å². The molecule has 0 aromatic carbocycles. The largest absolute Gasteiger partial charge is 0.469 e. The second-order valence-corrected chi connectivity index (χ2v) is 3.49. The van der Waals surface area contributed by atoms with Crippen molar-refractivity contribution in [3.8, 4) is 0 Å². The molecule has 1 aliphatic carbocycles. The number of hydrogen-bond acceptors (Lipinski definition) is 4. The fourth-order valence-electron chi connectivity index (χ4n) is 1.88. The lowest BCUT2D eigenvalue weighted by Crippen LogP contribution is -2.39. The van der Waals surface area contributed by atoms with Crippen LogP contribution in [0.5, 0.6) is 0 Å². The monoisotopic (exact) mass is 195 g/mol. The molecule has 2 rings (SSSR count). The number of carbonyl (C=O) groups is 1. The number of furan rings is 1. The third-order valence-electron chi connectivity index (χ3n) is 2.84. The smallest absolute Gasteiger partial charge is 0.326 e. The molecular formula is C10H13NO3. The van der Waals surface area contributed by atoms with Crippen molar-refractivity contribution in [2.24, 2.45) is 0 Å². The van der Waals surface area contributed by atoms with Crippen LogP contribution in [0.4, 0.5) is 0 Å². The highest BCUT2D eigenvalue weighted by Crippen LogP contribution is 2.51. The molecule has 1 aromatic rings. The normalized spacial score (nSPS) is 30.0. The van der Waals surface area contributed by atoms with Gasteiger partial charge in [-0.3, -0.25) is 4.79 Å². The van der Waals surface area contributed by atoms with Crippen molar-refractivity contribution >= 4 is 5.97 Å². The zero-order valence-corrected chi connectivity index (χ0v) is 8.24. The molecule has 0 amide bonds. The van der Waals surface area contributed by atoms with Gasteiger partial charge in [0.15, 0.2) is 0 Å². The quantitative estimate of drug-likeness (QED) is 0.728. The molecule has 4 heteroatoms. The van der Waals surface area contributed by atoms with Crippen LogP contribution in [0.15, 0.2) is 22.8 Å². The molecule has 0 bridgehead atoms. The lowest BCUT2D eigenvalue weighted by molar-refractivity contribution is -0.144. The second kappa shape index (κ2) is 3.13. The minimum Gasteiger partial charge on any atom is -0.469 e. The Morgan fingerprint density at radius 1 is 1.79 bits per heavy atom. The van der Waals surface area contributed by atoms with Crippen molar-refractivity contribution in [1.82, 2.24) is 5.32 Å². The molecule has 0 aliphatic heterocycles. The van der Waals surface area contributed by atoms with E-state index in [9.17, 15) is 4.79 Å². The van der Waals surface area contributed by atoms with Crippen LogP contribution < -0.4 is 5.32 Å². The summed E-state index contributed by atoms with van der Waals surface area (Å²) >= 11 is 0. The number of nitrogens with one attached hydrogen (secondary N) is 1. The molecule has 14 heavy (non-hydrogen) atoms. The van der Waals surface area contributed by atoms with Crippen LogP contribution in [0.2, 0.25) is 0 Å². The Hall–Kier alpha value is -1.29. The van der Waals surface area contributed by atoms with Gasteiger partial charge in [0.05, 0.1) is 13.4 Å². The van der Waals surface area contributed by atoms with Gasteiger partial charge in [-0.1, -0.05) is 0 Å². The Bertz CT molecular complexity index is 333. The molecule has 1 fully saturated rings. The maximum Gasteiger partial charge on any atom is 0.326 e. The molecule has 4 nitrogen and oxygen atoms in total. The number of ether oxygens (including phenoxy) is 1. The van der Waals surface area contributed by atoms with E-state index in [1.165, 1.54) is 7.11 Å². The van der Waals surface area contributed by atoms with Gasteiger partial charge in [-0.2, -0.15) is 0 Å². The van der Waals surface area contributed by atoms with Gasteiger partial charge in [0.25, 0.3) is 0 Å². The van der Waals surface area contributed by atoms with E-state index < -0.39 is 5.54 Å². The number of rotatable bonds is 3. The highest BCUT2D eigenvalue weighted by molar-refractivity contribution is 5.86. The summed E-state index contributed by atoms with van der Waals surface area (Å²) in [5.41, 5.74) is -0.563. The number of esters is 1. The topological polar surface area (TPSA) is 51.5 Å². The van der Waals surface area contributed by atoms with Crippen LogP contribution in [0.3, 0.4) is 0 Å². The lowest BCUT2D eigenvalue weighted by Gasteiger charge is -2.12. The van der Waals surface area contributed by atoms with Crippen molar-refractivity contribution in [1.29, 1.82) is 0 Å². The van der Waals surface area contributed by atoms with Crippen LogP contribution in [-0.4, -0.2) is 25.7 Å². The minimum absolute atomic E-state index is 0.106. The third-order valence-corrected chi connectivity index (χ3v) is 2.84. The SMILES string of the molecule is CNC1(C(=O)OC)CC1c1ccco1. The summed E-state index contributed by atoms with van der Waals surface area (Å²) in [6.45, 7) is 0. The van der Waals surface area contributed by atoms with Crippen LogP contribution >= 0.6 is 0 Å². The Morgan fingerprint density at radius 3 is 3.07 bits per heavy atom. The zero-order chi connectivity index (χ0) is 10.2. The zero-order valence-electron chi connectivity index (χ0n) is 8.24. The molecule has 1 heterocycles. The van der Waals surface area contributed by atoms with Gasteiger partial charge >= 0.3 is 5.97 Å². The van der Waals surface area contributed by atoms with Crippen molar-refractivity contribution < 1.29 is 13.9 Å². The first-order chi connectivity index (χ1) is 6.74. The molecule has 1 saturated carbocycles. The summed E-state index contributed by atoms with van der Waals surface area (Å²) in [6, 6.07) is 3.71. The Labute approximate surface area is 82.2 Å². The fourth-order valence-corrected chi connectivity index (χ4v) is 1.88. The summed E-state index contributed by atoms with van der Waals surface area (Å²) in [6.07, 6.45) is 2.36. The van der Waals surface area contributed by atoms with Crippen molar-refractivity contribution in [2.75, 3.05) is 14.2 Å². The molecule has 0 saturated heterocycles. The predicted molar refractivity (Wildman–Crippen MR) is 49.9 cm³/mol. The summed E-state index contributed by atoms with van der Waals surface area (Å²) in [5.74, 6) is 0.723. The van der Waals surface area contributed by atoms with E-state index in [1.54, 1.807) is 13.3 Å². The molecule has 1 aliphatic rings. The van der Waals surface area contributed by atoms with Gasteiger partial charge in [-0.05, 0) is 25.6 Å². The first-order valence-corrected chi connectivity index (χ1v) is 4.55. The third kappa shape index (κ3) is 1.14. The summed E-state index contributed by atoms with van der Waals surface area (Å²) < 4.78 is 10.0. The first kappa shape index (κ1) is 9.27.